The number of likely N-dealkylation sites (N-methyl/N-ethyl adjacent to an activating group) is 1. The van der Waals surface area contributed by atoms with Crippen molar-refractivity contribution in [2.24, 2.45) is 0 Å². The molecule has 24 heavy (non-hydrogen) atoms. The fourth-order valence-corrected chi connectivity index (χ4v) is 2.00. The van der Waals surface area contributed by atoms with Gasteiger partial charge in [0, 0.05) is 32.0 Å². The second-order valence-corrected chi connectivity index (χ2v) is 5.66. The number of benzene rings is 1. The molecule has 0 radical (unpaired) electrons. The molecule has 1 aromatic carbocycles. The van der Waals surface area contributed by atoms with E-state index in [0.29, 0.717) is 24.6 Å². The Labute approximate surface area is 141 Å². The number of halogens is 1. The van der Waals surface area contributed by atoms with Crippen LogP contribution in [-0.2, 0) is 6.42 Å². The number of aromatic nitrogens is 2. The molecule has 1 heterocycles. The van der Waals surface area contributed by atoms with Crippen LogP contribution in [0.4, 0.5) is 10.3 Å². The first-order valence-electron chi connectivity index (χ1n) is 7.78. The average Bonchev–Trinajstić information content (AvgIpc) is 2.57. The molecule has 0 aliphatic rings. The quantitative estimate of drug-likeness (QED) is 0.768. The molecule has 0 saturated heterocycles. The summed E-state index contributed by atoms with van der Waals surface area (Å²) in [5.74, 6) is 0.0335. The van der Waals surface area contributed by atoms with Gasteiger partial charge in [0.2, 0.25) is 5.95 Å². The van der Waals surface area contributed by atoms with E-state index in [1.54, 1.807) is 12.1 Å². The maximum Gasteiger partial charge on any atom is 0.254 e. The highest BCUT2D eigenvalue weighted by molar-refractivity contribution is 5.93. The summed E-state index contributed by atoms with van der Waals surface area (Å²) in [4.78, 5) is 22.2. The lowest BCUT2D eigenvalue weighted by atomic mass is 10.1. The summed E-state index contributed by atoms with van der Waals surface area (Å²) in [5, 5.41) is 5.88. The van der Waals surface area contributed by atoms with Crippen molar-refractivity contribution >= 4 is 11.9 Å². The van der Waals surface area contributed by atoms with Crippen LogP contribution in [0.2, 0.25) is 0 Å². The van der Waals surface area contributed by atoms with E-state index in [1.807, 2.05) is 19.0 Å². The van der Waals surface area contributed by atoms with Crippen molar-refractivity contribution in [3.05, 3.63) is 53.6 Å². The second kappa shape index (κ2) is 8.93. The van der Waals surface area contributed by atoms with Crippen molar-refractivity contribution in [2.75, 3.05) is 39.0 Å². The molecule has 0 fully saturated rings. The van der Waals surface area contributed by atoms with Gasteiger partial charge in [-0.3, -0.25) is 4.79 Å². The van der Waals surface area contributed by atoms with Crippen LogP contribution in [0, 0.1) is 5.82 Å². The zero-order chi connectivity index (χ0) is 17.4. The second-order valence-electron chi connectivity index (χ2n) is 5.66. The number of nitrogens with zero attached hydrogens (tertiary/aromatic N) is 3. The minimum atomic E-state index is -0.241. The van der Waals surface area contributed by atoms with Gasteiger partial charge in [-0.2, -0.15) is 0 Å². The first kappa shape index (κ1) is 17.8. The smallest absolute Gasteiger partial charge is 0.254 e. The van der Waals surface area contributed by atoms with E-state index >= 15 is 0 Å². The Balaban J connectivity index is 1.77. The largest absolute Gasteiger partial charge is 0.354 e. The van der Waals surface area contributed by atoms with Crippen molar-refractivity contribution in [3.63, 3.8) is 0 Å². The predicted molar refractivity (Wildman–Crippen MR) is 91.5 cm³/mol. The number of nitrogens with one attached hydrogen (secondary N) is 2. The van der Waals surface area contributed by atoms with Crippen molar-refractivity contribution < 1.29 is 9.18 Å². The van der Waals surface area contributed by atoms with E-state index in [2.05, 4.69) is 20.6 Å². The molecular weight excluding hydrogens is 309 g/mol. The minimum Gasteiger partial charge on any atom is -0.354 e. The number of amides is 1. The molecule has 7 heteroatoms. The topological polar surface area (TPSA) is 70.2 Å². The molecule has 2 N–H and O–H groups in total. The molecule has 6 nitrogen and oxygen atoms in total. The molecule has 0 saturated carbocycles. The van der Waals surface area contributed by atoms with Gasteiger partial charge in [0.1, 0.15) is 5.82 Å². The Morgan fingerprint density at radius 2 is 1.79 bits per heavy atom. The fraction of sp³-hybridized carbons (Fsp3) is 0.353. The molecule has 2 aromatic rings. The van der Waals surface area contributed by atoms with Gasteiger partial charge in [-0.25, -0.2) is 14.4 Å². The summed E-state index contributed by atoms with van der Waals surface area (Å²) >= 11 is 0. The minimum absolute atomic E-state index is 0.185. The lowest BCUT2D eigenvalue weighted by molar-refractivity contribution is 0.0950. The third-order valence-corrected chi connectivity index (χ3v) is 3.37. The maximum absolute atomic E-state index is 12.8. The number of carbonyl (C=O) groups is 1. The normalized spacial score (nSPS) is 10.7. The predicted octanol–water partition coefficient (Wildman–Crippen LogP) is 1.56. The lowest BCUT2D eigenvalue weighted by Crippen LogP contribution is -2.31. The molecule has 128 valence electrons. The molecule has 0 unspecified atom stereocenters. The standard InChI is InChI=1S/C17H22FN5O/c1-23(2)10-9-19-16(24)14-11-21-17(22-12-14)20-8-7-13-3-5-15(18)6-4-13/h3-6,11-12H,7-10H2,1-2H3,(H,19,24)(H,20,21,22). The van der Waals surface area contributed by atoms with E-state index < -0.39 is 0 Å². The summed E-state index contributed by atoms with van der Waals surface area (Å²) in [6.45, 7) is 1.97. The van der Waals surface area contributed by atoms with Crippen LogP contribution in [0.15, 0.2) is 36.7 Å². The van der Waals surface area contributed by atoms with E-state index in [4.69, 9.17) is 0 Å². The van der Waals surface area contributed by atoms with Crippen LogP contribution >= 0.6 is 0 Å². The molecule has 2 rings (SSSR count). The number of hydrogen-bond donors (Lipinski definition) is 2. The molecule has 0 bridgehead atoms. The van der Waals surface area contributed by atoms with E-state index in [9.17, 15) is 9.18 Å². The zero-order valence-electron chi connectivity index (χ0n) is 13.9. The van der Waals surface area contributed by atoms with Gasteiger partial charge in [-0.05, 0) is 38.2 Å². The van der Waals surface area contributed by atoms with Crippen LogP contribution in [0.1, 0.15) is 15.9 Å². The van der Waals surface area contributed by atoms with E-state index in [1.165, 1.54) is 24.5 Å². The monoisotopic (exact) mass is 331 g/mol. The fourth-order valence-electron chi connectivity index (χ4n) is 2.00. The Morgan fingerprint density at radius 3 is 2.42 bits per heavy atom. The maximum atomic E-state index is 12.8. The van der Waals surface area contributed by atoms with Crippen molar-refractivity contribution in [3.8, 4) is 0 Å². The third kappa shape index (κ3) is 5.92. The summed E-state index contributed by atoms with van der Waals surface area (Å²) in [6.07, 6.45) is 3.73. The van der Waals surface area contributed by atoms with E-state index in [-0.39, 0.29) is 11.7 Å². The summed E-state index contributed by atoms with van der Waals surface area (Å²) in [6, 6.07) is 6.38. The molecule has 0 atom stereocenters. The molecule has 1 amide bonds. The highest BCUT2D eigenvalue weighted by Gasteiger charge is 2.06. The van der Waals surface area contributed by atoms with E-state index in [0.717, 1.165) is 18.5 Å². The van der Waals surface area contributed by atoms with Gasteiger partial charge in [0.25, 0.3) is 5.91 Å². The Kier molecular flexibility index (Phi) is 6.62. The number of anilines is 1. The van der Waals surface area contributed by atoms with Crippen molar-refractivity contribution in [2.45, 2.75) is 6.42 Å². The number of carbonyl (C=O) groups excluding carboxylic acids is 1. The van der Waals surface area contributed by atoms with Gasteiger partial charge in [0.05, 0.1) is 5.56 Å². The summed E-state index contributed by atoms with van der Waals surface area (Å²) in [7, 11) is 3.89. The van der Waals surface area contributed by atoms with Gasteiger partial charge in [-0.15, -0.1) is 0 Å². The van der Waals surface area contributed by atoms with Crippen molar-refractivity contribution in [1.29, 1.82) is 0 Å². The lowest BCUT2D eigenvalue weighted by Gasteiger charge is -2.10. The highest BCUT2D eigenvalue weighted by Crippen LogP contribution is 2.05. The summed E-state index contributed by atoms with van der Waals surface area (Å²) < 4.78 is 12.8. The van der Waals surface area contributed by atoms with Gasteiger partial charge < -0.3 is 15.5 Å². The molecule has 0 aliphatic heterocycles. The molecule has 1 aromatic heterocycles. The Bertz CT molecular complexity index is 643. The Hall–Kier alpha value is -2.54. The first-order chi connectivity index (χ1) is 11.5. The van der Waals surface area contributed by atoms with Crippen LogP contribution in [0.25, 0.3) is 0 Å². The summed E-state index contributed by atoms with van der Waals surface area (Å²) in [5.41, 5.74) is 1.46. The Morgan fingerprint density at radius 1 is 1.12 bits per heavy atom. The molecule has 0 spiro atoms. The number of hydrogen-bond acceptors (Lipinski definition) is 5. The SMILES string of the molecule is CN(C)CCNC(=O)c1cnc(NCCc2ccc(F)cc2)nc1. The first-order valence-corrected chi connectivity index (χ1v) is 7.78. The van der Waals surface area contributed by atoms with Gasteiger partial charge in [0.15, 0.2) is 0 Å². The zero-order valence-corrected chi connectivity index (χ0v) is 13.9. The van der Waals surface area contributed by atoms with Gasteiger partial charge in [-0.1, -0.05) is 12.1 Å². The van der Waals surface area contributed by atoms with Crippen molar-refractivity contribution in [1.82, 2.24) is 20.2 Å². The van der Waals surface area contributed by atoms with Crippen LogP contribution in [0.3, 0.4) is 0 Å². The van der Waals surface area contributed by atoms with Crippen LogP contribution in [-0.4, -0.2) is 54.5 Å². The van der Waals surface area contributed by atoms with Crippen LogP contribution in [0.5, 0.6) is 0 Å². The third-order valence-electron chi connectivity index (χ3n) is 3.37. The molecular formula is C17H22FN5O. The molecule has 0 aliphatic carbocycles. The number of rotatable bonds is 8. The average molecular weight is 331 g/mol. The van der Waals surface area contributed by atoms with Gasteiger partial charge >= 0.3 is 0 Å². The van der Waals surface area contributed by atoms with Crippen LogP contribution < -0.4 is 10.6 Å². The highest BCUT2D eigenvalue weighted by atomic mass is 19.1.